The minimum atomic E-state index is -0.490. The third-order valence-electron chi connectivity index (χ3n) is 5.07. The first-order valence-corrected chi connectivity index (χ1v) is 9.52. The van der Waals surface area contributed by atoms with Crippen LogP contribution in [0.3, 0.4) is 0 Å². The number of nitrogens with zero attached hydrogens (tertiary/aromatic N) is 2. The Balaban J connectivity index is 2.02. The zero-order chi connectivity index (χ0) is 20.5. The number of aryl methyl sites for hydroxylation is 1. The van der Waals surface area contributed by atoms with Gasteiger partial charge >= 0.3 is 0 Å². The number of benzene rings is 1. The summed E-state index contributed by atoms with van der Waals surface area (Å²) in [6.45, 7) is 7.34. The third kappa shape index (κ3) is 3.94. The maximum Gasteiger partial charge on any atom is 0.250 e. The van der Waals surface area contributed by atoms with Gasteiger partial charge in [-0.2, -0.15) is 5.10 Å². The largest absolute Gasteiger partial charge is 0.385 e. The van der Waals surface area contributed by atoms with Crippen molar-refractivity contribution in [3.63, 3.8) is 0 Å². The zero-order valence-corrected chi connectivity index (χ0v) is 17.0. The average molecular weight is 384 g/mol. The monoisotopic (exact) mass is 384 g/mol. The van der Waals surface area contributed by atoms with E-state index in [0.717, 1.165) is 35.5 Å². The summed E-state index contributed by atoms with van der Waals surface area (Å²) >= 11 is 0. The van der Waals surface area contributed by atoms with Crippen LogP contribution in [0, 0.1) is 12.3 Å². The van der Waals surface area contributed by atoms with Crippen LogP contribution in [0.4, 0.5) is 5.69 Å². The fourth-order valence-electron chi connectivity index (χ4n) is 3.82. The van der Waals surface area contributed by atoms with Gasteiger partial charge in [0.15, 0.2) is 5.78 Å². The van der Waals surface area contributed by atoms with E-state index in [9.17, 15) is 9.59 Å². The standard InChI is InChI=1S/C21H28N4O3/c1-13-19-17(11-21(2,3)12-18(19)26)25(24-13)14-6-7-15(20(22)27)16(10-14)23-8-5-9-28-4/h6-7,10,23H,5,8-9,11-12H2,1-4H3,(H2,22,27). The van der Waals surface area contributed by atoms with Crippen LogP contribution in [0.25, 0.3) is 5.69 Å². The van der Waals surface area contributed by atoms with Gasteiger partial charge in [0.1, 0.15) is 0 Å². The Kier molecular flexibility index (Phi) is 5.56. The lowest BCUT2D eigenvalue weighted by molar-refractivity contribution is 0.0909. The minimum Gasteiger partial charge on any atom is -0.385 e. The predicted molar refractivity (Wildman–Crippen MR) is 108 cm³/mol. The Bertz CT molecular complexity index is 915. The van der Waals surface area contributed by atoms with Crippen LogP contribution in [0.5, 0.6) is 0 Å². The summed E-state index contributed by atoms with van der Waals surface area (Å²) in [4.78, 5) is 24.5. The zero-order valence-electron chi connectivity index (χ0n) is 17.0. The molecule has 1 aliphatic carbocycles. The summed E-state index contributed by atoms with van der Waals surface area (Å²) in [6.07, 6.45) is 2.10. The maximum absolute atomic E-state index is 12.6. The van der Waals surface area contributed by atoms with E-state index in [4.69, 9.17) is 10.5 Å². The van der Waals surface area contributed by atoms with Gasteiger partial charge in [-0.1, -0.05) is 13.8 Å². The van der Waals surface area contributed by atoms with Crippen LogP contribution >= 0.6 is 0 Å². The lowest BCUT2D eigenvalue weighted by Gasteiger charge is -2.29. The number of anilines is 1. The van der Waals surface area contributed by atoms with Crippen molar-refractivity contribution in [1.82, 2.24) is 9.78 Å². The number of hydrogen-bond acceptors (Lipinski definition) is 5. The molecule has 0 bridgehead atoms. The number of ketones is 1. The molecule has 0 saturated carbocycles. The highest BCUT2D eigenvalue weighted by molar-refractivity contribution is 6.00. The summed E-state index contributed by atoms with van der Waals surface area (Å²) in [5.74, 6) is -0.350. The van der Waals surface area contributed by atoms with E-state index in [1.807, 2.05) is 23.7 Å². The number of primary amides is 1. The maximum atomic E-state index is 12.6. The van der Waals surface area contributed by atoms with Crippen LogP contribution in [-0.2, 0) is 11.2 Å². The number of ether oxygens (including phenoxy) is 1. The van der Waals surface area contributed by atoms with Crippen molar-refractivity contribution in [2.24, 2.45) is 11.1 Å². The second kappa shape index (κ2) is 7.75. The highest BCUT2D eigenvalue weighted by Gasteiger charge is 2.35. The van der Waals surface area contributed by atoms with Gasteiger partial charge in [0.2, 0.25) is 0 Å². The molecule has 7 heteroatoms. The Labute approximate surface area is 165 Å². The molecule has 1 amide bonds. The second-order valence-electron chi connectivity index (χ2n) is 8.13. The van der Waals surface area contributed by atoms with Crippen molar-refractivity contribution in [2.75, 3.05) is 25.6 Å². The van der Waals surface area contributed by atoms with Crippen molar-refractivity contribution in [3.05, 3.63) is 40.7 Å². The molecule has 0 spiro atoms. The first-order valence-electron chi connectivity index (χ1n) is 9.52. The molecule has 0 saturated heterocycles. The molecule has 3 N–H and O–H groups in total. The van der Waals surface area contributed by atoms with Crippen molar-refractivity contribution >= 4 is 17.4 Å². The van der Waals surface area contributed by atoms with E-state index in [1.165, 1.54) is 0 Å². The first kappa shape index (κ1) is 20.1. The molecule has 7 nitrogen and oxygen atoms in total. The molecule has 3 rings (SSSR count). The van der Waals surface area contributed by atoms with Crippen LogP contribution in [-0.4, -0.2) is 41.7 Å². The quantitative estimate of drug-likeness (QED) is 0.715. The van der Waals surface area contributed by atoms with E-state index in [0.29, 0.717) is 30.8 Å². The molecular weight excluding hydrogens is 356 g/mol. The van der Waals surface area contributed by atoms with Crippen molar-refractivity contribution in [3.8, 4) is 5.69 Å². The molecule has 0 radical (unpaired) electrons. The fourth-order valence-corrected chi connectivity index (χ4v) is 3.82. The van der Waals surface area contributed by atoms with E-state index in [-0.39, 0.29) is 11.2 Å². The molecular formula is C21H28N4O3. The number of aromatic nitrogens is 2. The molecule has 0 atom stereocenters. The number of fused-ring (bicyclic) bond motifs is 1. The first-order chi connectivity index (χ1) is 13.2. The Morgan fingerprint density at radius 2 is 2.11 bits per heavy atom. The number of carbonyl (C=O) groups excluding carboxylic acids is 2. The molecule has 1 heterocycles. The summed E-state index contributed by atoms with van der Waals surface area (Å²) in [5.41, 5.74) is 9.70. The van der Waals surface area contributed by atoms with Gasteiger partial charge in [0.05, 0.1) is 28.2 Å². The van der Waals surface area contributed by atoms with Crippen LogP contribution in [0.15, 0.2) is 18.2 Å². The normalized spacial score (nSPS) is 15.4. The summed E-state index contributed by atoms with van der Waals surface area (Å²) < 4.78 is 6.90. The number of amides is 1. The molecule has 1 aromatic carbocycles. The molecule has 0 aliphatic heterocycles. The smallest absolute Gasteiger partial charge is 0.250 e. The molecule has 1 aliphatic rings. The number of methoxy groups -OCH3 is 1. The second-order valence-corrected chi connectivity index (χ2v) is 8.13. The van der Waals surface area contributed by atoms with E-state index in [2.05, 4.69) is 24.3 Å². The van der Waals surface area contributed by atoms with Gasteiger partial charge in [-0.15, -0.1) is 0 Å². The number of Topliss-reactive ketones (excluding diaryl/α,β-unsaturated/α-hetero) is 1. The molecule has 0 unspecified atom stereocenters. The van der Waals surface area contributed by atoms with E-state index in [1.54, 1.807) is 13.2 Å². The number of nitrogens with one attached hydrogen (secondary N) is 1. The number of nitrogens with two attached hydrogens (primary N) is 1. The molecule has 2 aromatic rings. The van der Waals surface area contributed by atoms with Gasteiger partial charge in [0, 0.05) is 32.4 Å². The summed E-state index contributed by atoms with van der Waals surface area (Å²) in [5, 5.41) is 7.90. The van der Waals surface area contributed by atoms with Crippen LogP contribution in [0.2, 0.25) is 0 Å². The lowest BCUT2D eigenvalue weighted by atomic mass is 9.75. The topological polar surface area (TPSA) is 99.2 Å². The van der Waals surface area contributed by atoms with Gasteiger partial charge in [-0.3, -0.25) is 9.59 Å². The number of hydrogen-bond donors (Lipinski definition) is 2. The number of carbonyl (C=O) groups is 2. The SMILES string of the molecule is COCCCNc1cc(-n2nc(C)c3c2CC(C)(C)CC3=O)ccc1C(N)=O. The molecule has 0 fully saturated rings. The summed E-state index contributed by atoms with van der Waals surface area (Å²) in [7, 11) is 1.65. The van der Waals surface area contributed by atoms with Crippen molar-refractivity contribution in [2.45, 2.75) is 40.0 Å². The lowest BCUT2D eigenvalue weighted by Crippen LogP contribution is -2.28. The van der Waals surface area contributed by atoms with Gasteiger partial charge < -0.3 is 15.8 Å². The van der Waals surface area contributed by atoms with E-state index < -0.39 is 5.91 Å². The van der Waals surface area contributed by atoms with E-state index >= 15 is 0 Å². The summed E-state index contributed by atoms with van der Waals surface area (Å²) in [6, 6.07) is 5.39. The highest BCUT2D eigenvalue weighted by Crippen LogP contribution is 2.37. The average Bonchev–Trinajstić information content (AvgIpc) is 2.93. The van der Waals surface area contributed by atoms with Gasteiger partial charge in [0.25, 0.3) is 5.91 Å². The Morgan fingerprint density at radius 1 is 1.36 bits per heavy atom. The minimum absolute atomic E-state index is 0.108. The van der Waals surface area contributed by atoms with Gasteiger partial charge in [-0.25, -0.2) is 4.68 Å². The number of rotatable bonds is 7. The predicted octanol–water partition coefficient (Wildman–Crippen LogP) is 2.88. The third-order valence-corrected chi connectivity index (χ3v) is 5.07. The molecule has 150 valence electrons. The van der Waals surface area contributed by atoms with Crippen LogP contribution in [0.1, 0.15) is 58.8 Å². The van der Waals surface area contributed by atoms with Gasteiger partial charge in [-0.05, 0) is 43.4 Å². The molecule has 28 heavy (non-hydrogen) atoms. The van der Waals surface area contributed by atoms with Crippen molar-refractivity contribution in [1.29, 1.82) is 0 Å². The Hall–Kier alpha value is -2.67. The molecule has 1 aromatic heterocycles. The Morgan fingerprint density at radius 3 is 2.79 bits per heavy atom. The highest BCUT2D eigenvalue weighted by atomic mass is 16.5. The van der Waals surface area contributed by atoms with Crippen molar-refractivity contribution < 1.29 is 14.3 Å². The van der Waals surface area contributed by atoms with Crippen LogP contribution < -0.4 is 11.1 Å². The fraction of sp³-hybridized carbons (Fsp3) is 0.476.